The maximum Gasteiger partial charge on any atom is 0.0710 e. The lowest BCUT2D eigenvalue weighted by Crippen LogP contribution is -2.43. The highest BCUT2D eigenvalue weighted by atomic mass is 14.5. The van der Waals surface area contributed by atoms with Crippen LogP contribution in [0.3, 0.4) is 0 Å². The molecule has 5 aromatic rings. The molecule has 0 nitrogen and oxygen atoms in total. The highest BCUT2D eigenvalue weighted by molar-refractivity contribution is 5.84. The second-order valence-electron chi connectivity index (χ2n) is 11.7. The van der Waals surface area contributed by atoms with Crippen molar-refractivity contribution < 1.29 is 0 Å². The average Bonchev–Trinajstić information content (AvgIpc) is 3.17. The van der Waals surface area contributed by atoms with Crippen LogP contribution in [0.25, 0.3) is 11.1 Å². The van der Waals surface area contributed by atoms with Gasteiger partial charge in [0.2, 0.25) is 0 Å². The summed E-state index contributed by atoms with van der Waals surface area (Å²) in [4.78, 5) is 0. The minimum absolute atomic E-state index is 0.0953. The molecule has 2 aliphatic rings. The summed E-state index contributed by atoms with van der Waals surface area (Å²) in [6.45, 7) is 9.58. The van der Waals surface area contributed by atoms with Gasteiger partial charge in [-0.3, -0.25) is 0 Å². The summed E-state index contributed by atoms with van der Waals surface area (Å²) in [5.74, 6) is 0. The zero-order valence-electron chi connectivity index (χ0n) is 22.0. The van der Waals surface area contributed by atoms with Gasteiger partial charge in [-0.05, 0) is 55.6 Å². The lowest BCUT2D eigenvalue weighted by Gasteiger charge is -2.49. The second kappa shape index (κ2) is 7.56. The molecule has 0 unspecified atom stereocenters. The first-order valence-electron chi connectivity index (χ1n) is 13.4. The third-order valence-corrected chi connectivity index (χ3v) is 9.20. The van der Waals surface area contributed by atoms with Crippen LogP contribution in [0.5, 0.6) is 0 Å². The molecule has 0 aromatic heterocycles. The van der Waals surface area contributed by atoms with Crippen molar-refractivity contribution in [3.63, 3.8) is 0 Å². The van der Waals surface area contributed by atoms with Gasteiger partial charge in [-0.1, -0.05) is 149 Å². The van der Waals surface area contributed by atoms with Gasteiger partial charge in [0.25, 0.3) is 0 Å². The second-order valence-corrected chi connectivity index (χ2v) is 11.7. The van der Waals surface area contributed by atoms with E-state index in [9.17, 15) is 0 Å². The van der Waals surface area contributed by atoms with Gasteiger partial charge in [0, 0.05) is 10.8 Å². The topological polar surface area (TPSA) is 0 Å². The van der Waals surface area contributed by atoms with Crippen molar-refractivity contribution in [3.05, 3.63) is 166 Å². The summed E-state index contributed by atoms with van der Waals surface area (Å²) in [5, 5.41) is 0. The Morgan fingerprint density at radius 2 is 0.811 bits per heavy atom. The van der Waals surface area contributed by atoms with E-state index in [0.29, 0.717) is 0 Å². The summed E-state index contributed by atoms with van der Waals surface area (Å²) in [6.07, 6.45) is 0. The highest BCUT2D eigenvalue weighted by Crippen LogP contribution is 2.60. The van der Waals surface area contributed by atoms with Crippen molar-refractivity contribution >= 4 is 0 Å². The Kier molecular flexibility index (Phi) is 4.56. The van der Waals surface area contributed by atoms with Crippen LogP contribution in [0.2, 0.25) is 0 Å². The molecule has 5 aromatic carbocycles. The number of rotatable bonds is 2. The molecule has 0 saturated carbocycles. The molecular weight excluding hydrogens is 444 g/mol. The van der Waals surface area contributed by atoms with E-state index in [2.05, 4.69) is 149 Å². The predicted octanol–water partition coefficient (Wildman–Crippen LogP) is 9.01. The van der Waals surface area contributed by atoms with E-state index < -0.39 is 5.41 Å². The molecule has 0 spiro atoms. The van der Waals surface area contributed by atoms with Crippen molar-refractivity contribution in [2.24, 2.45) is 0 Å². The largest absolute Gasteiger partial charge is 0.0710 e. The number of benzene rings is 5. The molecule has 7 rings (SSSR count). The van der Waals surface area contributed by atoms with E-state index >= 15 is 0 Å². The van der Waals surface area contributed by atoms with Crippen LogP contribution >= 0.6 is 0 Å². The quantitative estimate of drug-likeness (QED) is 0.238. The lowest BCUT2D eigenvalue weighted by molar-refractivity contribution is 0.549. The minimum atomic E-state index is -0.422. The monoisotopic (exact) mass is 476 g/mol. The molecule has 0 radical (unpaired) electrons. The zero-order valence-corrected chi connectivity index (χ0v) is 22.0. The minimum Gasteiger partial charge on any atom is -0.0622 e. The van der Waals surface area contributed by atoms with Gasteiger partial charge in [-0.15, -0.1) is 0 Å². The van der Waals surface area contributed by atoms with Crippen LogP contribution in [0.1, 0.15) is 72.2 Å². The first-order valence-corrected chi connectivity index (χ1v) is 13.4. The molecule has 0 bridgehead atoms. The highest BCUT2D eigenvalue weighted by Gasteiger charge is 2.51. The molecule has 2 aliphatic carbocycles. The van der Waals surface area contributed by atoms with Crippen LogP contribution in [-0.2, 0) is 16.2 Å². The third kappa shape index (κ3) is 2.74. The molecule has 0 fully saturated rings. The molecule has 180 valence electrons. The molecular formula is C37H32. The Bertz CT molecular complexity index is 1620. The molecule has 0 heteroatoms. The fraction of sp³-hybridized carbons (Fsp3) is 0.189. The van der Waals surface area contributed by atoms with Crippen molar-refractivity contribution in [2.45, 2.75) is 43.9 Å². The van der Waals surface area contributed by atoms with Crippen LogP contribution < -0.4 is 0 Å². The van der Waals surface area contributed by atoms with Gasteiger partial charge in [0.05, 0.1) is 5.41 Å². The first-order chi connectivity index (χ1) is 17.9. The van der Waals surface area contributed by atoms with Gasteiger partial charge in [0.1, 0.15) is 0 Å². The molecule has 0 aliphatic heterocycles. The summed E-state index contributed by atoms with van der Waals surface area (Å²) in [6, 6.07) is 45.5. The van der Waals surface area contributed by atoms with Crippen LogP contribution in [-0.4, -0.2) is 0 Å². The van der Waals surface area contributed by atoms with Gasteiger partial charge in [-0.25, -0.2) is 0 Å². The van der Waals surface area contributed by atoms with E-state index in [1.807, 2.05) is 0 Å². The van der Waals surface area contributed by atoms with E-state index in [1.54, 1.807) is 0 Å². The summed E-state index contributed by atoms with van der Waals surface area (Å²) >= 11 is 0. The lowest BCUT2D eigenvalue weighted by atomic mass is 9.53. The van der Waals surface area contributed by atoms with Gasteiger partial charge in [-0.2, -0.15) is 0 Å². The van der Waals surface area contributed by atoms with E-state index in [1.165, 1.54) is 55.6 Å². The molecule has 0 N–H and O–H groups in total. The Labute approximate surface area is 220 Å². The molecule has 0 atom stereocenters. The normalized spacial score (nSPS) is 17.3. The Morgan fingerprint density at radius 1 is 0.351 bits per heavy atom. The van der Waals surface area contributed by atoms with E-state index in [0.717, 1.165) is 0 Å². The maximum atomic E-state index is 2.41. The van der Waals surface area contributed by atoms with E-state index in [-0.39, 0.29) is 10.8 Å². The fourth-order valence-electron chi connectivity index (χ4n) is 7.61. The Balaban J connectivity index is 1.71. The van der Waals surface area contributed by atoms with Crippen LogP contribution in [0, 0.1) is 0 Å². The van der Waals surface area contributed by atoms with Crippen molar-refractivity contribution in [2.75, 3.05) is 0 Å². The molecule has 0 heterocycles. The van der Waals surface area contributed by atoms with Crippen molar-refractivity contribution in [3.8, 4) is 11.1 Å². The van der Waals surface area contributed by atoms with Gasteiger partial charge >= 0.3 is 0 Å². The van der Waals surface area contributed by atoms with Gasteiger partial charge in [0.15, 0.2) is 0 Å². The SMILES string of the molecule is CC1(C)c2ccccc2C(c2ccccc2)(c2cccc3c2C(C)(C)c2ccccc2-3)c2ccccc21. The number of fused-ring (bicyclic) bond motifs is 5. The van der Waals surface area contributed by atoms with Crippen molar-refractivity contribution in [1.29, 1.82) is 0 Å². The van der Waals surface area contributed by atoms with Crippen molar-refractivity contribution in [1.82, 2.24) is 0 Å². The van der Waals surface area contributed by atoms with Crippen LogP contribution in [0.4, 0.5) is 0 Å². The Morgan fingerprint density at radius 3 is 1.43 bits per heavy atom. The molecule has 0 saturated heterocycles. The smallest absolute Gasteiger partial charge is 0.0622 e. The molecule has 37 heavy (non-hydrogen) atoms. The first kappa shape index (κ1) is 22.3. The Hall–Kier alpha value is -3.90. The van der Waals surface area contributed by atoms with E-state index in [4.69, 9.17) is 0 Å². The number of hydrogen-bond donors (Lipinski definition) is 0. The maximum absolute atomic E-state index is 2.41. The standard InChI is InChI=1S/C37H32/c1-35(2)29-20-10-12-22-31(29)37(25-15-6-5-7-16-25,32-23-13-11-21-30(32)35)33-24-14-18-27-26-17-8-9-19-28(26)36(3,4)34(27)33/h5-24H,1-4H3. The van der Waals surface area contributed by atoms with Crippen LogP contribution in [0.15, 0.2) is 121 Å². The average molecular weight is 477 g/mol. The third-order valence-electron chi connectivity index (χ3n) is 9.20. The number of hydrogen-bond acceptors (Lipinski definition) is 0. The summed E-state index contributed by atoms with van der Waals surface area (Å²) < 4.78 is 0. The molecule has 0 amide bonds. The summed E-state index contributed by atoms with van der Waals surface area (Å²) in [5.41, 5.74) is 13.3. The zero-order chi connectivity index (χ0) is 25.4. The predicted molar refractivity (Wildman–Crippen MR) is 154 cm³/mol. The summed E-state index contributed by atoms with van der Waals surface area (Å²) in [7, 11) is 0. The van der Waals surface area contributed by atoms with Gasteiger partial charge < -0.3 is 0 Å². The fourth-order valence-corrected chi connectivity index (χ4v) is 7.61.